The van der Waals surface area contributed by atoms with Crippen molar-refractivity contribution in [3.05, 3.63) is 83.0 Å². The summed E-state index contributed by atoms with van der Waals surface area (Å²) in [5, 5.41) is 0.298. The second-order valence-electron chi connectivity index (χ2n) is 20.2. The van der Waals surface area contributed by atoms with Crippen LogP contribution in [0.4, 0.5) is 0 Å². The fraction of sp³-hybridized carbons (Fsp3) is 0.696. The Balaban J connectivity index is 1.61. The molecule has 0 spiro atoms. The van der Waals surface area contributed by atoms with Crippen LogP contribution in [0.1, 0.15) is 132 Å². The van der Waals surface area contributed by atoms with Crippen LogP contribution < -0.4 is 0 Å². The van der Waals surface area contributed by atoms with Gasteiger partial charge in [0, 0.05) is 19.4 Å². The van der Waals surface area contributed by atoms with Crippen LogP contribution in [-0.2, 0) is 18.3 Å². The molecular formula is C46H76O4Si2. The van der Waals surface area contributed by atoms with Gasteiger partial charge in [0.25, 0.3) is 0 Å². The average molecular weight is 749 g/mol. The minimum atomic E-state index is -2.01. The molecule has 0 N–H and O–H groups in total. The zero-order valence-corrected chi connectivity index (χ0v) is 37.8. The van der Waals surface area contributed by atoms with Crippen molar-refractivity contribution < 1.29 is 18.3 Å². The number of fused-ring (bicyclic) bond motifs is 1. The van der Waals surface area contributed by atoms with Crippen molar-refractivity contribution in [3.63, 3.8) is 0 Å². The Morgan fingerprint density at radius 3 is 2.17 bits per heavy atom. The molecule has 1 aromatic carbocycles. The van der Waals surface area contributed by atoms with E-state index in [1.54, 1.807) is 18.3 Å². The van der Waals surface area contributed by atoms with E-state index in [9.17, 15) is 0 Å². The molecule has 0 saturated heterocycles. The number of ether oxygens (including phenoxy) is 2. The highest BCUT2D eigenvalue weighted by molar-refractivity contribution is 6.74. The van der Waals surface area contributed by atoms with Gasteiger partial charge in [0.2, 0.25) is 0 Å². The normalized spacial score (nSPS) is 27.2. The topological polar surface area (TPSA) is 36.9 Å². The summed E-state index contributed by atoms with van der Waals surface area (Å²) in [6.45, 7) is 35.6. The van der Waals surface area contributed by atoms with Crippen LogP contribution in [0.15, 0.2) is 77.4 Å². The highest BCUT2D eigenvalue weighted by Gasteiger charge is 2.48. The Bertz CT molecular complexity index is 1450. The van der Waals surface area contributed by atoms with Gasteiger partial charge in [-0.1, -0.05) is 115 Å². The van der Waals surface area contributed by atoms with Crippen LogP contribution in [0.2, 0.25) is 36.3 Å². The van der Waals surface area contributed by atoms with Crippen molar-refractivity contribution in [2.24, 2.45) is 11.3 Å². The molecule has 0 amide bonds. The van der Waals surface area contributed by atoms with E-state index in [4.69, 9.17) is 24.9 Å². The van der Waals surface area contributed by atoms with Crippen LogP contribution in [0, 0.1) is 11.3 Å². The molecule has 0 bridgehead atoms. The molecule has 4 rings (SSSR count). The van der Waals surface area contributed by atoms with E-state index in [1.165, 1.54) is 36.0 Å². The van der Waals surface area contributed by atoms with Gasteiger partial charge in [-0.25, -0.2) is 0 Å². The summed E-state index contributed by atoms with van der Waals surface area (Å²) in [7, 11) is -2.28. The van der Waals surface area contributed by atoms with Gasteiger partial charge in [0.1, 0.15) is 6.79 Å². The summed E-state index contributed by atoms with van der Waals surface area (Å²) in [5.41, 5.74) is 7.17. The third-order valence-corrected chi connectivity index (χ3v) is 22.8. The lowest BCUT2D eigenvalue weighted by atomic mass is 9.61. The third kappa shape index (κ3) is 10.2. The van der Waals surface area contributed by atoms with Gasteiger partial charge in [-0.15, -0.1) is 0 Å². The molecule has 5 atom stereocenters. The van der Waals surface area contributed by atoms with Crippen LogP contribution >= 0.6 is 0 Å². The Morgan fingerprint density at radius 1 is 0.923 bits per heavy atom. The summed E-state index contributed by atoms with van der Waals surface area (Å²) >= 11 is 0. The molecule has 1 aromatic rings. The largest absolute Gasteiger partial charge is 0.413 e. The molecule has 2 saturated carbocycles. The molecule has 52 heavy (non-hydrogen) atoms. The molecular weight excluding hydrogens is 673 g/mol. The Morgan fingerprint density at radius 2 is 1.56 bits per heavy atom. The molecule has 0 aromatic heterocycles. The molecule has 6 heteroatoms. The van der Waals surface area contributed by atoms with E-state index in [1.807, 2.05) is 0 Å². The van der Waals surface area contributed by atoms with Crippen molar-refractivity contribution in [3.8, 4) is 0 Å². The molecule has 3 aliphatic rings. The van der Waals surface area contributed by atoms with E-state index >= 15 is 0 Å². The maximum atomic E-state index is 7.14. The van der Waals surface area contributed by atoms with E-state index in [2.05, 4.69) is 137 Å². The first kappa shape index (κ1) is 43.2. The molecule has 0 unspecified atom stereocenters. The van der Waals surface area contributed by atoms with Crippen LogP contribution in [0.5, 0.6) is 0 Å². The monoisotopic (exact) mass is 749 g/mol. The Labute approximate surface area is 322 Å². The average Bonchev–Trinajstić information content (AvgIpc) is 3.39. The van der Waals surface area contributed by atoms with Crippen molar-refractivity contribution in [2.45, 2.75) is 180 Å². The first-order chi connectivity index (χ1) is 24.0. The predicted octanol–water partition coefficient (Wildman–Crippen LogP) is 13.5. The summed E-state index contributed by atoms with van der Waals surface area (Å²) < 4.78 is 25.5. The number of allylic oxidation sites excluding steroid dienone is 5. The highest BCUT2D eigenvalue weighted by atomic mass is 28.4. The van der Waals surface area contributed by atoms with Crippen LogP contribution in [0.3, 0.4) is 0 Å². The zero-order chi connectivity index (χ0) is 38.8. The number of benzene rings is 1. The zero-order valence-electron chi connectivity index (χ0n) is 35.8. The Hall–Kier alpha value is -1.55. The summed E-state index contributed by atoms with van der Waals surface area (Å²) in [5.74, 6) is 0.961. The fourth-order valence-electron chi connectivity index (χ4n) is 8.37. The fourth-order valence-corrected chi connectivity index (χ4v) is 11.0. The number of methoxy groups -OCH3 is 1. The summed E-state index contributed by atoms with van der Waals surface area (Å²) in [4.78, 5) is 0. The third-order valence-electron chi connectivity index (χ3n) is 13.8. The molecule has 0 radical (unpaired) electrons. The molecule has 3 aliphatic carbocycles. The second-order valence-corrected chi connectivity index (χ2v) is 29.7. The Kier molecular flexibility index (Phi) is 13.8. The van der Waals surface area contributed by atoms with Gasteiger partial charge in [-0.3, -0.25) is 0 Å². The predicted molar refractivity (Wildman–Crippen MR) is 227 cm³/mol. The quantitative estimate of drug-likeness (QED) is 0.108. The van der Waals surface area contributed by atoms with E-state index in [0.29, 0.717) is 18.6 Å². The van der Waals surface area contributed by atoms with Crippen LogP contribution in [0.25, 0.3) is 0 Å². The maximum absolute atomic E-state index is 7.14. The number of rotatable bonds is 14. The van der Waals surface area contributed by atoms with Gasteiger partial charge in [-0.05, 0) is 130 Å². The van der Waals surface area contributed by atoms with Crippen LogP contribution in [-0.4, -0.2) is 48.3 Å². The van der Waals surface area contributed by atoms with Crippen molar-refractivity contribution in [1.82, 2.24) is 0 Å². The lowest BCUT2D eigenvalue weighted by Gasteiger charge is -2.45. The first-order valence-electron chi connectivity index (χ1n) is 20.3. The van der Waals surface area contributed by atoms with E-state index in [-0.39, 0.29) is 33.3 Å². The van der Waals surface area contributed by atoms with Gasteiger partial charge in [0.05, 0.1) is 17.8 Å². The van der Waals surface area contributed by atoms with E-state index < -0.39 is 16.6 Å². The van der Waals surface area contributed by atoms with Crippen molar-refractivity contribution >= 4 is 16.6 Å². The van der Waals surface area contributed by atoms with Crippen molar-refractivity contribution in [1.29, 1.82) is 0 Å². The SMILES string of the molecule is C=C1/C(=C\C=C2\CCC[C@]3(C)C([C@@H](CCCC(C)(C)OCOC)c4ccccc4)=CC[C@@H]23)C[C@@H](O[Si](C)(C)C(C)(C)C)C[C@@H]1O[Si](C)(C)C(C)(C)C. The van der Waals surface area contributed by atoms with Gasteiger partial charge in [0.15, 0.2) is 16.6 Å². The maximum Gasteiger partial charge on any atom is 0.192 e. The number of hydrogen-bond acceptors (Lipinski definition) is 4. The first-order valence-corrected chi connectivity index (χ1v) is 26.2. The van der Waals surface area contributed by atoms with Crippen molar-refractivity contribution in [2.75, 3.05) is 13.9 Å². The van der Waals surface area contributed by atoms with E-state index in [0.717, 1.165) is 38.5 Å². The molecule has 2 fully saturated rings. The van der Waals surface area contributed by atoms with Gasteiger partial charge >= 0.3 is 0 Å². The standard InChI is InChI=1S/C46H76O4Si2/c1-34-37(31-38(49-51(12,13)43(2,3)4)32-42(34)50-52(14,15)44(5,6)7)26-25-36-23-19-30-46(10)40(36)27-28-41(46)39(35-21-17-16-18-22-35)24-20-29-45(8,9)48-33-47-11/h16-18,21-22,25-26,28,38-40,42H,1,19-20,23-24,27,29-33H2,2-15H3/b36-25-,37-26-/t38-,39+,40+,42+,46+/m1/s1. The molecule has 0 aliphatic heterocycles. The van der Waals surface area contributed by atoms with Gasteiger partial charge in [-0.2, -0.15) is 0 Å². The lowest BCUT2D eigenvalue weighted by molar-refractivity contribution is -0.117. The second kappa shape index (κ2) is 16.7. The smallest absolute Gasteiger partial charge is 0.192 e. The summed E-state index contributed by atoms with van der Waals surface area (Å²) in [6.07, 6.45) is 17.6. The number of hydrogen-bond donors (Lipinski definition) is 0. The van der Waals surface area contributed by atoms with Gasteiger partial charge < -0.3 is 18.3 Å². The lowest BCUT2D eigenvalue weighted by Crippen LogP contribution is -2.49. The molecule has 4 nitrogen and oxygen atoms in total. The molecule has 292 valence electrons. The minimum absolute atomic E-state index is 0.00179. The highest BCUT2D eigenvalue weighted by Crippen LogP contribution is 2.59. The summed E-state index contributed by atoms with van der Waals surface area (Å²) in [6, 6.07) is 11.3. The molecule has 0 heterocycles. The minimum Gasteiger partial charge on any atom is -0.413 e.